The average Bonchev–Trinajstić information content (AvgIpc) is 3.05. The van der Waals surface area contributed by atoms with Gasteiger partial charge in [-0.3, -0.25) is 0 Å². The standard InChI is InChI=1S/C30H22ClN7O10S3.3Na/c1-38(18-8-3-2-4-9-18)30-34-28(31)33-29(35-30)32-22-15-19(49(40,41)42)13-17-14-23(50(43,44)45)25(26(39)24(17)22)37-36-21-12-11-16-7-5-6-10-20(16)27(21)51(46,47)48;;;/h2-15,39H,1H3,(H,40,41,42)(H,43,44,45)(H,46,47,48)(H,32,33,34,35);;;/q;3*+1/p-3. The number of phenols is 1. The van der Waals surface area contributed by atoms with Gasteiger partial charge >= 0.3 is 88.7 Å². The number of benzene rings is 5. The third kappa shape index (κ3) is 9.95. The summed E-state index contributed by atoms with van der Waals surface area (Å²) in [5.74, 6) is -1.42. The molecule has 0 saturated carbocycles. The fourth-order valence-electron chi connectivity index (χ4n) is 5.10. The van der Waals surface area contributed by atoms with Gasteiger partial charge in [0, 0.05) is 23.5 Å². The number of nitrogens with one attached hydrogen (secondary N) is 1. The Balaban J connectivity index is 0.00000261. The van der Waals surface area contributed by atoms with Crippen molar-refractivity contribution < 1.29 is 133 Å². The minimum absolute atomic E-state index is 0. The Kier molecular flexibility index (Phi) is 15.2. The molecule has 0 aliphatic carbocycles. The third-order valence-electron chi connectivity index (χ3n) is 7.33. The first kappa shape index (κ1) is 46.0. The summed E-state index contributed by atoms with van der Waals surface area (Å²) >= 11 is 6.16. The van der Waals surface area contributed by atoms with Crippen LogP contribution in [0.3, 0.4) is 0 Å². The van der Waals surface area contributed by atoms with Gasteiger partial charge in [-0.15, -0.1) is 10.2 Å². The van der Waals surface area contributed by atoms with Crippen LogP contribution in [0.4, 0.5) is 34.6 Å². The van der Waals surface area contributed by atoms with E-state index in [4.69, 9.17) is 11.6 Å². The van der Waals surface area contributed by atoms with E-state index in [9.17, 15) is 44.0 Å². The van der Waals surface area contributed by atoms with Gasteiger partial charge in [-0.1, -0.05) is 48.5 Å². The number of rotatable bonds is 9. The van der Waals surface area contributed by atoms with E-state index >= 15 is 0 Å². The zero-order valence-electron chi connectivity index (χ0n) is 28.5. The molecular weight excluding hydrogens is 819 g/mol. The molecule has 0 bridgehead atoms. The predicted molar refractivity (Wildman–Crippen MR) is 180 cm³/mol. The van der Waals surface area contributed by atoms with Gasteiger partial charge in [0.25, 0.3) is 0 Å². The van der Waals surface area contributed by atoms with Crippen molar-refractivity contribution in [2.45, 2.75) is 14.7 Å². The topological polar surface area (TPSA) is 270 Å². The molecule has 0 radical (unpaired) electrons. The van der Waals surface area contributed by atoms with Crippen LogP contribution >= 0.6 is 11.6 Å². The Hall–Kier alpha value is -2.35. The molecule has 0 saturated heterocycles. The summed E-state index contributed by atoms with van der Waals surface area (Å²) in [4.78, 5) is 10.9. The Morgan fingerprint density at radius 2 is 1.39 bits per heavy atom. The number of anilines is 4. The van der Waals surface area contributed by atoms with Gasteiger partial charge in [0.1, 0.15) is 41.7 Å². The van der Waals surface area contributed by atoms with Crippen LogP contribution in [-0.2, 0) is 30.4 Å². The van der Waals surface area contributed by atoms with Gasteiger partial charge in [-0.25, -0.2) is 25.3 Å². The molecule has 0 aliphatic heterocycles. The van der Waals surface area contributed by atoms with Crippen molar-refractivity contribution in [2.24, 2.45) is 10.2 Å². The zero-order chi connectivity index (χ0) is 36.9. The van der Waals surface area contributed by atoms with Crippen LogP contribution in [0.25, 0.3) is 21.5 Å². The molecule has 2 N–H and O–H groups in total. The Labute approximate surface area is 379 Å². The van der Waals surface area contributed by atoms with Crippen molar-refractivity contribution in [2.75, 3.05) is 17.3 Å². The molecule has 54 heavy (non-hydrogen) atoms. The van der Waals surface area contributed by atoms with Crippen molar-refractivity contribution in [3.05, 3.63) is 90.2 Å². The number of azo groups is 1. The predicted octanol–water partition coefficient (Wildman–Crippen LogP) is -3.81. The van der Waals surface area contributed by atoms with E-state index in [2.05, 4.69) is 30.5 Å². The number of halogens is 1. The van der Waals surface area contributed by atoms with Crippen molar-refractivity contribution >= 4 is 98.1 Å². The number of aromatic hydroxyl groups is 1. The first-order valence-corrected chi connectivity index (χ1v) is 18.6. The molecule has 1 aromatic heterocycles. The normalized spacial score (nSPS) is 11.8. The maximum atomic E-state index is 12.4. The smallest absolute Gasteiger partial charge is 0.744 e. The number of hydrogen-bond donors (Lipinski definition) is 2. The zero-order valence-corrected chi connectivity index (χ0v) is 37.7. The Morgan fingerprint density at radius 1 is 0.741 bits per heavy atom. The fourth-order valence-corrected chi connectivity index (χ4v) is 7.25. The number of nitrogens with zero attached hydrogens (tertiary/aromatic N) is 6. The van der Waals surface area contributed by atoms with E-state index in [1.165, 1.54) is 29.2 Å². The second kappa shape index (κ2) is 17.8. The van der Waals surface area contributed by atoms with Crippen LogP contribution in [0, 0.1) is 0 Å². The summed E-state index contributed by atoms with van der Waals surface area (Å²) in [5, 5.41) is 20.7. The van der Waals surface area contributed by atoms with Crippen molar-refractivity contribution in [1.82, 2.24) is 15.0 Å². The maximum Gasteiger partial charge on any atom is 1.00 e. The van der Waals surface area contributed by atoms with Gasteiger partial charge in [0.15, 0.2) is 5.75 Å². The molecular formula is C30H19ClN7Na3O10S3. The number of phenolic OH excluding ortho intramolecular Hbond substituents is 1. The molecule has 0 spiro atoms. The first-order chi connectivity index (χ1) is 23.9. The van der Waals surface area contributed by atoms with Gasteiger partial charge in [0.05, 0.1) is 20.4 Å². The summed E-state index contributed by atoms with van der Waals surface area (Å²) in [5.41, 5.74) is -1.35. The minimum Gasteiger partial charge on any atom is -0.744 e. The molecule has 24 heteroatoms. The minimum atomic E-state index is -5.54. The van der Waals surface area contributed by atoms with Gasteiger partial charge in [-0.2, -0.15) is 15.0 Å². The molecule has 0 atom stereocenters. The van der Waals surface area contributed by atoms with E-state index in [1.807, 2.05) is 0 Å². The summed E-state index contributed by atoms with van der Waals surface area (Å²) in [7, 11) is -14.4. The Morgan fingerprint density at radius 3 is 2.02 bits per heavy atom. The van der Waals surface area contributed by atoms with Crippen LogP contribution < -0.4 is 98.9 Å². The summed E-state index contributed by atoms with van der Waals surface area (Å²) in [6, 6.07) is 19.3. The van der Waals surface area contributed by atoms with Crippen LogP contribution in [0.1, 0.15) is 0 Å². The molecule has 0 amide bonds. The van der Waals surface area contributed by atoms with E-state index in [1.54, 1.807) is 43.4 Å². The number of aromatic nitrogens is 3. The Bertz CT molecular complexity index is 2770. The molecule has 1 heterocycles. The van der Waals surface area contributed by atoms with E-state index in [-0.39, 0.29) is 111 Å². The van der Waals surface area contributed by atoms with Gasteiger partial charge in [0.2, 0.25) is 17.2 Å². The molecule has 262 valence electrons. The van der Waals surface area contributed by atoms with E-state index < -0.39 is 78.6 Å². The number of fused-ring (bicyclic) bond motifs is 2. The van der Waals surface area contributed by atoms with Crippen molar-refractivity contribution in [3.63, 3.8) is 0 Å². The van der Waals surface area contributed by atoms with Gasteiger partial charge in [-0.05, 0) is 58.8 Å². The molecule has 5 aromatic carbocycles. The second-order valence-electron chi connectivity index (χ2n) is 10.6. The molecule has 0 fully saturated rings. The van der Waals surface area contributed by atoms with Gasteiger partial charge < -0.3 is 29.0 Å². The third-order valence-corrected chi connectivity index (χ3v) is 10.1. The van der Waals surface area contributed by atoms with E-state index in [0.717, 1.165) is 12.1 Å². The van der Waals surface area contributed by atoms with Crippen LogP contribution in [-0.4, -0.2) is 66.0 Å². The van der Waals surface area contributed by atoms with Crippen LogP contribution in [0.5, 0.6) is 5.75 Å². The number of hydrogen-bond acceptors (Lipinski definition) is 17. The molecule has 6 rings (SSSR count). The van der Waals surface area contributed by atoms with E-state index in [0.29, 0.717) is 23.2 Å². The van der Waals surface area contributed by atoms with Crippen LogP contribution in [0.2, 0.25) is 5.28 Å². The fraction of sp³-hybridized carbons (Fsp3) is 0.0333. The molecule has 0 aliphatic rings. The molecule has 6 aromatic rings. The van der Waals surface area contributed by atoms with Crippen molar-refractivity contribution in [1.29, 1.82) is 0 Å². The average molecular weight is 838 g/mol. The monoisotopic (exact) mass is 837 g/mol. The summed E-state index contributed by atoms with van der Waals surface area (Å²) in [6.45, 7) is 0. The SMILES string of the molecule is CN(c1ccccc1)c1nc(Cl)nc(Nc2cc(S(=O)(=O)[O-])cc3cc(S(=O)(=O)[O-])c(N=Nc4ccc5ccccc5c4S(=O)(=O)[O-])c(O)c23)n1.[Na+].[Na+].[Na+]. The first-order valence-electron chi connectivity index (χ1n) is 14.0. The second-order valence-corrected chi connectivity index (χ2v) is 15.0. The van der Waals surface area contributed by atoms with Crippen molar-refractivity contribution in [3.8, 4) is 5.75 Å². The molecule has 17 nitrogen and oxygen atoms in total. The quantitative estimate of drug-likeness (QED) is 0.0803. The largest absolute Gasteiger partial charge is 1.00 e. The maximum absolute atomic E-state index is 12.4. The number of para-hydroxylation sites is 1. The summed E-state index contributed by atoms with van der Waals surface area (Å²) < 4.78 is 111. The molecule has 0 unspecified atom stereocenters. The van der Waals surface area contributed by atoms with Crippen LogP contribution in [0.15, 0.2) is 110 Å². The summed E-state index contributed by atoms with van der Waals surface area (Å²) in [6.07, 6.45) is 0.